The molecule has 7 heteroatoms. The van der Waals surface area contributed by atoms with E-state index in [2.05, 4.69) is 10.3 Å². The predicted octanol–water partition coefficient (Wildman–Crippen LogP) is 3.28. The lowest BCUT2D eigenvalue weighted by molar-refractivity contribution is -0.122. The fourth-order valence-electron chi connectivity index (χ4n) is 3.64. The number of carbonyl (C=O) groups excluding carboxylic acids is 2. The van der Waals surface area contributed by atoms with Gasteiger partial charge >= 0.3 is 0 Å². The highest BCUT2D eigenvalue weighted by atomic mass is 16.3. The van der Waals surface area contributed by atoms with Gasteiger partial charge in [0.15, 0.2) is 5.69 Å². The van der Waals surface area contributed by atoms with Crippen LogP contribution in [-0.4, -0.2) is 34.8 Å². The Kier molecular flexibility index (Phi) is 6.43. The van der Waals surface area contributed by atoms with Gasteiger partial charge < -0.3 is 20.4 Å². The lowest BCUT2D eigenvalue weighted by Crippen LogP contribution is -2.35. The fourth-order valence-corrected chi connectivity index (χ4v) is 3.64. The largest absolute Gasteiger partial charge is 0.444 e. The molecule has 160 valence electrons. The van der Waals surface area contributed by atoms with Crippen LogP contribution in [0, 0.1) is 0 Å². The number of nitrogens with one attached hydrogen (secondary N) is 1. The Morgan fingerprint density at radius 1 is 1.03 bits per heavy atom. The van der Waals surface area contributed by atoms with Gasteiger partial charge in [0.05, 0.1) is 0 Å². The summed E-state index contributed by atoms with van der Waals surface area (Å²) in [6.45, 7) is 1.91. The van der Waals surface area contributed by atoms with Gasteiger partial charge in [-0.05, 0) is 42.5 Å². The Morgan fingerprint density at radius 2 is 1.74 bits per heavy atom. The number of hydrogen-bond acceptors (Lipinski definition) is 5. The standard InChI is InChI=1S/C24H26N4O3/c25-21(18-7-3-1-4-8-18)22(29)26-15-17-9-11-19(12-10-17)23-27-20(16-31-23)24(30)28-13-5-2-6-14-28/h1,3-4,7-12,16,21H,2,5-6,13-15,25H2,(H,26,29). The average molecular weight is 418 g/mol. The Labute approximate surface area is 181 Å². The number of oxazole rings is 1. The first-order chi connectivity index (χ1) is 15.1. The van der Waals surface area contributed by atoms with Gasteiger partial charge in [-0.1, -0.05) is 42.5 Å². The molecule has 31 heavy (non-hydrogen) atoms. The second-order valence-electron chi connectivity index (χ2n) is 7.69. The van der Waals surface area contributed by atoms with Crippen LogP contribution in [0.2, 0.25) is 0 Å². The quantitative estimate of drug-likeness (QED) is 0.640. The molecule has 0 saturated carbocycles. The number of likely N-dealkylation sites (tertiary alicyclic amines) is 1. The van der Waals surface area contributed by atoms with E-state index < -0.39 is 6.04 Å². The molecule has 1 aromatic heterocycles. The fraction of sp³-hybridized carbons (Fsp3) is 0.292. The van der Waals surface area contributed by atoms with E-state index in [0.717, 1.165) is 42.6 Å². The number of hydrogen-bond donors (Lipinski definition) is 2. The number of amides is 2. The smallest absolute Gasteiger partial charge is 0.275 e. The predicted molar refractivity (Wildman–Crippen MR) is 117 cm³/mol. The van der Waals surface area contributed by atoms with Gasteiger partial charge in [-0.15, -0.1) is 0 Å². The van der Waals surface area contributed by atoms with Crippen molar-refractivity contribution in [3.8, 4) is 11.5 Å². The van der Waals surface area contributed by atoms with E-state index >= 15 is 0 Å². The van der Waals surface area contributed by atoms with Gasteiger partial charge in [0, 0.05) is 25.2 Å². The molecule has 2 amide bonds. The summed E-state index contributed by atoms with van der Waals surface area (Å²) in [5.74, 6) is 0.0923. The van der Waals surface area contributed by atoms with Crippen LogP contribution in [0.4, 0.5) is 0 Å². The van der Waals surface area contributed by atoms with E-state index in [4.69, 9.17) is 10.2 Å². The maximum absolute atomic E-state index is 12.6. The molecule has 0 radical (unpaired) electrons. The molecule has 7 nitrogen and oxygen atoms in total. The minimum atomic E-state index is -0.705. The van der Waals surface area contributed by atoms with Crippen molar-refractivity contribution in [3.05, 3.63) is 77.7 Å². The van der Waals surface area contributed by atoms with Crippen molar-refractivity contribution < 1.29 is 14.0 Å². The summed E-state index contributed by atoms with van der Waals surface area (Å²) >= 11 is 0. The van der Waals surface area contributed by atoms with E-state index in [-0.39, 0.29) is 11.8 Å². The van der Waals surface area contributed by atoms with E-state index in [1.54, 1.807) is 0 Å². The van der Waals surface area contributed by atoms with Crippen molar-refractivity contribution in [2.45, 2.75) is 31.8 Å². The molecule has 1 atom stereocenters. The van der Waals surface area contributed by atoms with Crippen molar-refractivity contribution in [1.82, 2.24) is 15.2 Å². The number of carbonyl (C=O) groups is 2. The summed E-state index contributed by atoms with van der Waals surface area (Å²) in [5.41, 5.74) is 8.82. The highest BCUT2D eigenvalue weighted by molar-refractivity contribution is 5.92. The highest BCUT2D eigenvalue weighted by Gasteiger charge is 2.21. The molecule has 2 aromatic carbocycles. The van der Waals surface area contributed by atoms with Crippen molar-refractivity contribution in [2.75, 3.05) is 13.1 Å². The van der Waals surface area contributed by atoms with Gasteiger partial charge in [0.2, 0.25) is 11.8 Å². The van der Waals surface area contributed by atoms with Gasteiger partial charge in [0.1, 0.15) is 12.3 Å². The van der Waals surface area contributed by atoms with Crippen molar-refractivity contribution in [3.63, 3.8) is 0 Å². The summed E-state index contributed by atoms with van der Waals surface area (Å²) < 4.78 is 5.54. The van der Waals surface area contributed by atoms with E-state index in [1.807, 2.05) is 59.5 Å². The van der Waals surface area contributed by atoms with Crippen LogP contribution in [0.1, 0.15) is 46.9 Å². The Bertz CT molecular complexity index is 1020. The molecule has 3 N–H and O–H groups in total. The molecule has 4 rings (SSSR count). The van der Waals surface area contributed by atoms with Crippen LogP contribution in [0.3, 0.4) is 0 Å². The maximum Gasteiger partial charge on any atom is 0.275 e. The Hall–Kier alpha value is -3.45. The first kappa shape index (κ1) is 20.8. The summed E-state index contributed by atoms with van der Waals surface area (Å²) in [5, 5.41) is 2.86. The Morgan fingerprint density at radius 3 is 2.45 bits per heavy atom. The average Bonchev–Trinajstić information content (AvgIpc) is 3.33. The van der Waals surface area contributed by atoms with E-state index in [0.29, 0.717) is 18.1 Å². The summed E-state index contributed by atoms with van der Waals surface area (Å²) in [6, 6.07) is 16.1. The zero-order valence-corrected chi connectivity index (χ0v) is 17.3. The first-order valence-electron chi connectivity index (χ1n) is 10.5. The summed E-state index contributed by atoms with van der Waals surface area (Å²) in [6.07, 6.45) is 4.65. The molecular weight excluding hydrogens is 392 g/mol. The molecular formula is C24H26N4O3. The Balaban J connectivity index is 1.35. The third-order valence-electron chi connectivity index (χ3n) is 5.48. The molecule has 1 aliphatic rings. The van der Waals surface area contributed by atoms with Gasteiger partial charge in [-0.3, -0.25) is 9.59 Å². The molecule has 3 aromatic rings. The third kappa shape index (κ3) is 5.00. The van der Waals surface area contributed by atoms with Crippen LogP contribution in [0.5, 0.6) is 0 Å². The SMILES string of the molecule is NC(C(=O)NCc1ccc(-c2nc(C(=O)N3CCCCC3)co2)cc1)c1ccccc1. The van der Waals surface area contributed by atoms with Crippen LogP contribution in [0.25, 0.3) is 11.5 Å². The van der Waals surface area contributed by atoms with Crippen LogP contribution in [0.15, 0.2) is 65.3 Å². The van der Waals surface area contributed by atoms with Crippen LogP contribution < -0.4 is 11.1 Å². The molecule has 0 aliphatic carbocycles. The molecule has 1 fully saturated rings. The molecule has 1 aliphatic heterocycles. The molecule has 0 spiro atoms. The zero-order chi connectivity index (χ0) is 21.6. The topological polar surface area (TPSA) is 101 Å². The monoisotopic (exact) mass is 418 g/mol. The lowest BCUT2D eigenvalue weighted by Gasteiger charge is -2.25. The van der Waals surface area contributed by atoms with Crippen molar-refractivity contribution >= 4 is 11.8 Å². The maximum atomic E-state index is 12.6. The number of rotatable bonds is 6. The van der Waals surface area contributed by atoms with Crippen molar-refractivity contribution in [1.29, 1.82) is 0 Å². The second kappa shape index (κ2) is 9.57. The van der Waals surface area contributed by atoms with Crippen LogP contribution in [-0.2, 0) is 11.3 Å². The molecule has 0 bridgehead atoms. The third-order valence-corrected chi connectivity index (χ3v) is 5.48. The van der Waals surface area contributed by atoms with Gasteiger partial charge in [-0.2, -0.15) is 0 Å². The lowest BCUT2D eigenvalue weighted by atomic mass is 10.1. The van der Waals surface area contributed by atoms with E-state index in [1.165, 1.54) is 12.7 Å². The summed E-state index contributed by atoms with van der Waals surface area (Å²) in [4.78, 5) is 31.1. The number of benzene rings is 2. The number of piperidine rings is 1. The van der Waals surface area contributed by atoms with E-state index in [9.17, 15) is 9.59 Å². The van der Waals surface area contributed by atoms with Crippen molar-refractivity contribution in [2.24, 2.45) is 5.73 Å². The minimum absolute atomic E-state index is 0.0798. The minimum Gasteiger partial charge on any atom is -0.444 e. The second-order valence-corrected chi connectivity index (χ2v) is 7.69. The highest BCUT2D eigenvalue weighted by Crippen LogP contribution is 2.21. The summed E-state index contributed by atoms with van der Waals surface area (Å²) in [7, 11) is 0. The normalized spacial score (nSPS) is 14.8. The molecule has 1 saturated heterocycles. The molecule has 1 unspecified atom stereocenters. The molecule has 2 heterocycles. The number of aromatic nitrogens is 1. The van der Waals surface area contributed by atoms with Gasteiger partial charge in [-0.25, -0.2) is 4.98 Å². The number of nitrogens with zero attached hydrogens (tertiary/aromatic N) is 2. The first-order valence-corrected chi connectivity index (χ1v) is 10.5. The zero-order valence-electron chi connectivity index (χ0n) is 17.3. The van der Waals surface area contributed by atoms with Crippen LogP contribution >= 0.6 is 0 Å². The van der Waals surface area contributed by atoms with Gasteiger partial charge in [0.25, 0.3) is 5.91 Å². The number of nitrogens with two attached hydrogens (primary N) is 1.